The van der Waals surface area contributed by atoms with Crippen molar-refractivity contribution in [2.45, 2.75) is 20.3 Å². The van der Waals surface area contributed by atoms with E-state index in [1.54, 1.807) is 6.20 Å². The maximum atomic E-state index is 5.85. The maximum Gasteiger partial charge on any atom is 0.147 e. The number of rotatable bonds is 4. The average Bonchev–Trinajstić information content (AvgIpc) is 2.36. The van der Waals surface area contributed by atoms with Gasteiger partial charge in [-0.2, -0.15) is 0 Å². The van der Waals surface area contributed by atoms with Gasteiger partial charge in [0.15, 0.2) is 0 Å². The molecule has 0 amide bonds. The molecule has 3 nitrogen and oxygen atoms in total. The Labute approximate surface area is 112 Å². The number of hydrogen-bond acceptors (Lipinski definition) is 3. The van der Waals surface area contributed by atoms with E-state index in [0.717, 1.165) is 35.2 Å². The lowest BCUT2D eigenvalue weighted by molar-refractivity contribution is 0.975. The van der Waals surface area contributed by atoms with Crippen molar-refractivity contribution in [1.82, 2.24) is 9.97 Å². The van der Waals surface area contributed by atoms with Gasteiger partial charge in [-0.1, -0.05) is 23.7 Å². The van der Waals surface area contributed by atoms with Crippen molar-refractivity contribution < 1.29 is 0 Å². The Morgan fingerprint density at radius 3 is 2.61 bits per heavy atom. The van der Waals surface area contributed by atoms with E-state index in [2.05, 4.69) is 15.3 Å². The van der Waals surface area contributed by atoms with Gasteiger partial charge < -0.3 is 5.32 Å². The van der Waals surface area contributed by atoms with Gasteiger partial charge in [-0.05, 0) is 38.0 Å². The number of aromatic nitrogens is 2. The Kier molecular flexibility index (Phi) is 4.15. The molecule has 0 aliphatic heterocycles. The van der Waals surface area contributed by atoms with Crippen molar-refractivity contribution in [3.05, 3.63) is 52.4 Å². The summed E-state index contributed by atoms with van der Waals surface area (Å²) in [4.78, 5) is 8.70. The fraction of sp³-hybridized carbons (Fsp3) is 0.286. The first-order chi connectivity index (χ1) is 8.65. The molecular formula is C14H16ClN3. The summed E-state index contributed by atoms with van der Waals surface area (Å²) in [7, 11) is 0. The van der Waals surface area contributed by atoms with Crippen LogP contribution in [-0.4, -0.2) is 16.5 Å². The van der Waals surface area contributed by atoms with Crippen LogP contribution in [0.2, 0.25) is 5.02 Å². The quantitative estimate of drug-likeness (QED) is 0.917. The lowest BCUT2D eigenvalue weighted by atomic mass is 10.1. The number of anilines is 1. The molecule has 0 bridgehead atoms. The van der Waals surface area contributed by atoms with E-state index in [0.29, 0.717) is 0 Å². The van der Waals surface area contributed by atoms with E-state index >= 15 is 0 Å². The highest BCUT2D eigenvalue weighted by Crippen LogP contribution is 2.11. The molecule has 2 rings (SSSR count). The van der Waals surface area contributed by atoms with Gasteiger partial charge in [-0.3, -0.25) is 4.98 Å². The lowest BCUT2D eigenvalue weighted by Gasteiger charge is -2.08. The second kappa shape index (κ2) is 5.83. The summed E-state index contributed by atoms with van der Waals surface area (Å²) in [6.07, 6.45) is 2.71. The van der Waals surface area contributed by atoms with Crippen LogP contribution in [0.1, 0.15) is 17.0 Å². The number of halogens is 1. The van der Waals surface area contributed by atoms with Crippen molar-refractivity contribution in [3.63, 3.8) is 0 Å². The summed E-state index contributed by atoms with van der Waals surface area (Å²) in [6.45, 7) is 4.73. The van der Waals surface area contributed by atoms with Gasteiger partial charge >= 0.3 is 0 Å². The summed E-state index contributed by atoms with van der Waals surface area (Å²) < 4.78 is 0. The highest BCUT2D eigenvalue weighted by molar-refractivity contribution is 6.30. The molecule has 1 heterocycles. The van der Waals surface area contributed by atoms with Crippen molar-refractivity contribution in [3.8, 4) is 0 Å². The van der Waals surface area contributed by atoms with E-state index < -0.39 is 0 Å². The van der Waals surface area contributed by atoms with Crippen LogP contribution in [0, 0.1) is 13.8 Å². The third-order valence-electron chi connectivity index (χ3n) is 2.70. The van der Waals surface area contributed by atoms with Crippen molar-refractivity contribution in [1.29, 1.82) is 0 Å². The third-order valence-corrected chi connectivity index (χ3v) is 2.95. The van der Waals surface area contributed by atoms with Crippen LogP contribution in [0.4, 0.5) is 5.82 Å². The van der Waals surface area contributed by atoms with E-state index in [4.69, 9.17) is 11.6 Å². The molecule has 0 saturated carbocycles. The van der Waals surface area contributed by atoms with E-state index in [9.17, 15) is 0 Å². The summed E-state index contributed by atoms with van der Waals surface area (Å²) in [5.41, 5.74) is 3.11. The maximum absolute atomic E-state index is 5.85. The van der Waals surface area contributed by atoms with Crippen LogP contribution in [0.25, 0.3) is 0 Å². The zero-order valence-corrected chi connectivity index (χ0v) is 11.3. The van der Waals surface area contributed by atoms with Crippen LogP contribution in [0.3, 0.4) is 0 Å². The molecule has 0 atom stereocenters. The first-order valence-corrected chi connectivity index (χ1v) is 6.31. The van der Waals surface area contributed by atoms with Crippen LogP contribution in [-0.2, 0) is 6.42 Å². The third kappa shape index (κ3) is 3.44. The normalized spacial score (nSPS) is 10.4. The molecule has 1 aromatic heterocycles. The van der Waals surface area contributed by atoms with Gasteiger partial charge in [0.1, 0.15) is 5.82 Å². The topological polar surface area (TPSA) is 37.8 Å². The molecule has 2 aromatic rings. The standard InChI is InChI=1S/C14H16ClN3/c1-10-9-17-11(2)14(18-10)16-8-7-12-3-5-13(15)6-4-12/h3-6,9H,7-8H2,1-2H3,(H,16,18). The summed E-state index contributed by atoms with van der Waals surface area (Å²) in [5, 5.41) is 4.08. The molecule has 94 valence electrons. The van der Waals surface area contributed by atoms with E-state index in [1.807, 2.05) is 38.1 Å². The SMILES string of the molecule is Cc1cnc(C)c(NCCc2ccc(Cl)cc2)n1. The minimum absolute atomic E-state index is 0.770. The van der Waals surface area contributed by atoms with Gasteiger partial charge in [0.2, 0.25) is 0 Å². The number of benzene rings is 1. The largest absolute Gasteiger partial charge is 0.368 e. The van der Waals surface area contributed by atoms with Gasteiger partial charge in [0, 0.05) is 17.8 Å². The van der Waals surface area contributed by atoms with Crippen LogP contribution in [0.15, 0.2) is 30.5 Å². The molecule has 0 unspecified atom stereocenters. The summed E-state index contributed by atoms with van der Waals surface area (Å²) in [5.74, 6) is 0.865. The van der Waals surface area contributed by atoms with Gasteiger partial charge in [-0.25, -0.2) is 4.98 Å². The number of nitrogens with one attached hydrogen (secondary N) is 1. The number of nitrogens with zero attached hydrogens (tertiary/aromatic N) is 2. The van der Waals surface area contributed by atoms with Crippen LogP contribution in [0.5, 0.6) is 0 Å². The minimum atomic E-state index is 0.770. The van der Waals surface area contributed by atoms with Crippen molar-refractivity contribution >= 4 is 17.4 Å². The van der Waals surface area contributed by atoms with Gasteiger partial charge in [-0.15, -0.1) is 0 Å². The Morgan fingerprint density at radius 1 is 1.17 bits per heavy atom. The smallest absolute Gasteiger partial charge is 0.147 e. The summed E-state index contributed by atoms with van der Waals surface area (Å²) in [6, 6.07) is 7.90. The molecule has 1 aromatic carbocycles. The molecule has 0 aliphatic carbocycles. The lowest BCUT2D eigenvalue weighted by Crippen LogP contribution is -2.09. The zero-order chi connectivity index (χ0) is 13.0. The predicted molar refractivity (Wildman–Crippen MR) is 75.2 cm³/mol. The zero-order valence-electron chi connectivity index (χ0n) is 10.6. The van der Waals surface area contributed by atoms with Gasteiger partial charge in [0.05, 0.1) is 11.4 Å². The molecule has 0 saturated heterocycles. The van der Waals surface area contributed by atoms with Crippen molar-refractivity contribution in [2.75, 3.05) is 11.9 Å². The predicted octanol–water partition coefficient (Wildman–Crippen LogP) is 3.40. The fourth-order valence-electron chi connectivity index (χ4n) is 1.68. The molecule has 0 fully saturated rings. The fourth-order valence-corrected chi connectivity index (χ4v) is 1.81. The monoisotopic (exact) mass is 261 g/mol. The molecule has 0 aliphatic rings. The first-order valence-electron chi connectivity index (χ1n) is 5.94. The second-order valence-corrected chi connectivity index (χ2v) is 4.69. The molecular weight excluding hydrogens is 246 g/mol. The van der Waals surface area contributed by atoms with Gasteiger partial charge in [0.25, 0.3) is 0 Å². The Hall–Kier alpha value is -1.61. The highest BCUT2D eigenvalue weighted by atomic mass is 35.5. The average molecular weight is 262 g/mol. The summed E-state index contributed by atoms with van der Waals surface area (Å²) >= 11 is 5.85. The highest BCUT2D eigenvalue weighted by Gasteiger charge is 2.01. The molecule has 18 heavy (non-hydrogen) atoms. The molecule has 4 heteroatoms. The molecule has 0 spiro atoms. The van der Waals surface area contributed by atoms with Crippen LogP contribution >= 0.6 is 11.6 Å². The first kappa shape index (κ1) is 12.8. The van der Waals surface area contributed by atoms with E-state index in [-0.39, 0.29) is 0 Å². The molecule has 0 radical (unpaired) electrons. The van der Waals surface area contributed by atoms with Crippen molar-refractivity contribution in [2.24, 2.45) is 0 Å². The molecule has 1 N–H and O–H groups in total. The van der Waals surface area contributed by atoms with E-state index in [1.165, 1.54) is 5.56 Å². The number of aryl methyl sites for hydroxylation is 2. The second-order valence-electron chi connectivity index (χ2n) is 4.25. The Balaban J connectivity index is 1.92. The Morgan fingerprint density at radius 2 is 1.89 bits per heavy atom. The minimum Gasteiger partial charge on any atom is -0.368 e. The number of hydrogen-bond donors (Lipinski definition) is 1. The Bertz CT molecular complexity index is 523. The van der Waals surface area contributed by atoms with Crippen LogP contribution < -0.4 is 5.32 Å².